The van der Waals surface area contributed by atoms with E-state index in [1.165, 1.54) is 6.42 Å². The first-order chi connectivity index (χ1) is 7.00. The number of rotatable bonds is 3. The Balaban J connectivity index is 1.97. The molecule has 82 valence electrons. The monoisotopic (exact) mass is 243 g/mol. The smallest absolute Gasteiger partial charge is 0.0637 e. The van der Waals surface area contributed by atoms with Crippen molar-refractivity contribution < 1.29 is 0 Å². The summed E-state index contributed by atoms with van der Waals surface area (Å²) in [6.07, 6.45) is 1.24. The molecule has 0 heterocycles. The van der Waals surface area contributed by atoms with E-state index in [0.717, 1.165) is 12.1 Å². The van der Waals surface area contributed by atoms with E-state index in [2.05, 4.69) is 19.2 Å². The van der Waals surface area contributed by atoms with E-state index in [4.69, 9.17) is 23.2 Å². The molecule has 15 heavy (non-hydrogen) atoms. The number of halogens is 2. The normalized spacial score (nSPS) is 22.8. The van der Waals surface area contributed by atoms with Crippen LogP contribution in [0.3, 0.4) is 0 Å². The third-order valence-electron chi connectivity index (χ3n) is 3.08. The number of benzene rings is 1. The van der Waals surface area contributed by atoms with Crippen molar-refractivity contribution in [1.82, 2.24) is 5.32 Å². The Bertz CT molecular complexity index is 374. The average Bonchev–Trinajstić information content (AvgIpc) is 2.77. The van der Waals surface area contributed by atoms with Crippen LogP contribution in [0.1, 0.15) is 25.8 Å². The lowest BCUT2D eigenvalue weighted by Gasteiger charge is -2.08. The molecule has 0 spiro atoms. The first-order valence-electron chi connectivity index (χ1n) is 5.17. The van der Waals surface area contributed by atoms with Gasteiger partial charge in [0.25, 0.3) is 0 Å². The van der Waals surface area contributed by atoms with Crippen molar-refractivity contribution in [3.63, 3.8) is 0 Å². The van der Waals surface area contributed by atoms with Crippen molar-refractivity contribution in [2.75, 3.05) is 0 Å². The van der Waals surface area contributed by atoms with Gasteiger partial charge in [-0.2, -0.15) is 0 Å². The minimum atomic E-state index is 0.449. The molecule has 1 unspecified atom stereocenters. The van der Waals surface area contributed by atoms with Crippen LogP contribution in [-0.2, 0) is 6.54 Å². The SMILES string of the molecule is CC1(C)CC1NCc1cccc(Cl)c1Cl. The molecule has 0 amide bonds. The van der Waals surface area contributed by atoms with Gasteiger partial charge in [-0.3, -0.25) is 0 Å². The largest absolute Gasteiger partial charge is 0.309 e. The Hall–Kier alpha value is -0.240. The third-order valence-corrected chi connectivity index (χ3v) is 3.94. The fourth-order valence-corrected chi connectivity index (χ4v) is 2.12. The lowest BCUT2D eigenvalue weighted by atomic mass is 10.2. The zero-order chi connectivity index (χ0) is 11.1. The number of nitrogens with one attached hydrogen (secondary N) is 1. The van der Waals surface area contributed by atoms with Gasteiger partial charge in [-0.05, 0) is 23.5 Å². The summed E-state index contributed by atoms with van der Waals surface area (Å²) in [6, 6.07) is 6.38. The molecule has 1 aliphatic carbocycles. The highest BCUT2D eigenvalue weighted by atomic mass is 35.5. The first-order valence-corrected chi connectivity index (χ1v) is 5.92. The zero-order valence-electron chi connectivity index (χ0n) is 8.98. The summed E-state index contributed by atoms with van der Waals surface area (Å²) >= 11 is 12.0. The highest BCUT2D eigenvalue weighted by Crippen LogP contribution is 2.44. The molecule has 1 atom stereocenters. The maximum absolute atomic E-state index is 6.10. The highest BCUT2D eigenvalue weighted by molar-refractivity contribution is 6.42. The molecule has 1 nitrogen and oxygen atoms in total. The highest BCUT2D eigenvalue weighted by Gasteiger charge is 2.44. The van der Waals surface area contributed by atoms with Gasteiger partial charge in [-0.15, -0.1) is 0 Å². The van der Waals surface area contributed by atoms with Crippen LogP contribution in [-0.4, -0.2) is 6.04 Å². The fraction of sp³-hybridized carbons (Fsp3) is 0.500. The number of hydrogen-bond donors (Lipinski definition) is 1. The maximum atomic E-state index is 6.10. The van der Waals surface area contributed by atoms with Crippen molar-refractivity contribution in [2.24, 2.45) is 5.41 Å². The molecule has 0 aliphatic heterocycles. The molecule has 1 fully saturated rings. The molecule has 1 aromatic rings. The van der Waals surface area contributed by atoms with Gasteiger partial charge in [0.05, 0.1) is 10.0 Å². The van der Waals surface area contributed by atoms with Crippen LogP contribution in [0.2, 0.25) is 10.0 Å². The second kappa shape index (κ2) is 3.97. The van der Waals surface area contributed by atoms with E-state index in [0.29, 0.717) is 21.5 Å². The third kappa shape index (κ3) is 2.47. The van der Waals surface area contributed by atoms with Gasteiger partial charge in [0.15, 0.2) is 0 Å². The summed E-state index contributed by atoms with van der Waals surface area (Å²) in [5, 5.41) is 4.79. The Kier molecular flexibility index (Phi) is 2.98. The van der Waals surface area contributed by atoms with Crippen LogP contribution >= 0.6 is 23.2 Å². The van der Waals surface area contributed by atoms with Crippen molar-refractivity contribution in [2.45, 2.75) is 32.9 Å². The molecule has 0 saturated heterocycles. The first kappa shape index (κ1) is 11.3. The molecule has 1 aromatic carbocycles. The summed E-state index contributed by atoms with van der Waals surface area (Å²) in [4.78, 5) is 0. The van der Waals surface area contributed by atoms with Crippen molar-refractivity contribution in [3.05, 3.63) is 33.8 Å². The van der Waals surface area contributed by atoms with E-state index in [-0.39, 0.29) is 0 Å². The van der Waals surface area contributed by atoms with E-state index >= 15 is 0 Å². The summed E-state index contributed by atoms with van der Waals surface area (Å²) in [5.74, 6) is 0. The molecule has 1 N–H and O–H groups in total. The Morgan fingerprint density at radius 2 is 2.07 bits per heavy atom. The lowest BCUT2D eigenvalue weighted by Crippen LogP contribution is -2.20. The maximum Gasteiger partial charge on any atom is 0.0637 e. The van der Waals surface area contributed by atoms with Gasteiger partial charge in [0.2, 0.25) is 0 Å². The topological polar surface area (TPSA) is 12.0 Å². The summed E-state index contributed by atoms with van der Waals surface area (Å²) in [7, 11) is 0. The Morgan fingerprint density at radius 1 is 1.40 bits per heavy atom. The lowest BCUT2D eigenvalue weighted by molar-refractivity contribution is 0.542. The van der Waals surface area contributed by atoms with E-state index < -0.39 is 0 Å². The van der Waals surface area contributed by atoms with Crippen LogP contribution in [0.4, 0.5) is 0 Å². The van der Waals surface area contributed by atoms with Crippen LogP contribution in [0.5, 0.6) is 0 Å². The van der Waals surface area contributed by atoms with E-state index in [9.17, 15) is 0 Å². The summed E-state index contributed by atoms with van der Waals surface area (Å²) in [5.41, 5.74) is 1.53. The molecule has 2 rings (SSSR count). The van der Waals surface area contributed by atoms with Gasteiger partial charge >= 0.3 is 0 Å². The van der Waals surface area contributed by atoms with Crippen LogP contribution in [0, 0.1) is 5.41 Å². The minimum absolute atomic E-state index is 0.449. The molecular weight excluding hydrogens is 229 g/mol. The summed E-state index contributed by atoms with van der Waals surface area (Å²) in [6.45, 7) is 5.34. The second-order valence-electron chi connectivity index (χ2n) is 4.84. The Labute approximate surface area is 101 Å². The van der Waals surface area contributed by atoms with Crippen molar-refractivity contribution in [3.8, 4) is 0 Å². The average molecular weight is 244 g/mol. The minimum Gasteiger partial charge on any atom is -0.309 e. The predicted octanol–water partition coefficient (Wildman–Crippen LogP) is 3.88. The molecule has 0 aromatic heterocycles. The van der Waals surface area contributed by atoms with Gasteiger partial charge in [0, 0.05) is 12.6 Å². The van der Waals surface area contributed by atoms with Gasteiger partial charge in [-0.1, -0.05) is 49.2 Å². The van der Waals surface area contributed by atoms with Crippen LogP contribution in [0.25, 0.3) is 0 Å². The van der Waals surface area contributed by atoms with Gasteiger partial charge in [0.1, 0.15) is 0 Å². The second-order valence-corrected chi connectivity index (χ2v) is 5.62. The van der Waals surface area contributed by atoms with Gasteiger partial charge in [-0.25, -0.2) is 0 Å². The van der Waals surface area contributed by atoms with Crippen molar-refractivity contribution >= 4 is 23.2 Å². The predicted molar refractivity (Wildman–Crippen MR) is 65.5 cm³/mol. The van der Waals surface area contributed by atoms with Crippen molar-refractivity contribution in [1.29, 1.82) is 0 Å². The summed E-state index contributed by atoms with van der Waals surface area (Å²) < 4.78 is 0. The Morgan fingerprint density at radius 3 is 2.67 bits per heavy atom. The fourth-order valence-electron chi connectivity index (χ4n) is 1.73. The quantitative estimate of drug-likeness (QED) is 0.850. The molecule has 1 saturated carbocycles. The van der Waals surface area contributed by atoms with E-state index in [1.54, 1.807) is 0 Å². The molecule has 3 heteroatoms. The standard InChI is InChI=1S/C12H15Cl2N/c1-12(2)6-10(12)15-7-8-4-3-5-9(13)11(8)14/h3-5,10,15H,6-7H2,1-2H3. The zero-order valence-corrected chi connectivity index (χ0v) is 10.5. The molecule has 0 radical (unpaired) electrons. The molecular formula is C12H15Cl2N. The van der Waals surface area contributed by atoms with Crippen LogP contribution in [0.15, 0.2) is 18.2 Å². The van der Waals surface area contributed by atoms with E-state index in [1.807, 2.05) is 18.2 Å². The van der Waals surface area contributed by atoms with Gasteiger partial charge < -0.3 is 5.32 Å². The molecule has 1 aliphatic rings. The number of hydrogen-bond acceptors (Lipinski definition) is 1. The van der Waals surface area contributed by atoms with Crippen LogP contribution < -0.4 is 5.32 Å². The molecule has 0 bridgehead atoms.